The minimum Gasteiger partial charge on any atom is -0.369 e. The first-order valence-corrected chi connectivity index (χ1v) is 7.28. The van der Waals surface area contributed by atoms with Gasteiger partial charge in [-0.3, -0.25) is 0 Å². The zero-order valence-corrected chi connectivity index (χ0v) is 11.1. The number of sulfonamides is 1. The maximum atomic E-state index is 10.7. The van der Waals surface area contributed by atoms with Gasteiger partial charge in [0, 0.05) is 19.0 Å². The second-order valence-electron chi connectivity index (χ2n) is 3.54. The molecule has 8 heteroatoms. The van der Waals surface area contributed by atoms with Crippen LogP contribution in [0.2, 0.25) is 5.15 Å². The fraction of sp³-hybridized carbons (Fsp3) is 0.556. The Hall–Kier alpha value is -0.920. The van der Waals surface area contributed by atoms with E-state index >= 15 is 0 Å². The minimum absolute atomic E-state index is 0.155. The fourth-order valence-electron chi connectivity index (χ4n) is 1.21. The number of nitrogens with two attached hydrogens (primary N) is 1. The van der Waals surface area contributed by atoms with Gasteiger partial charge in [-0.15, -0.1) is 0 Å². The number of nitrogens with one attached hydrogen (secondary N) is 1. The van der Waals surface area contributed by atoms with Crippen LogP contribution < -0.4 is 10.5 Å². The highest BCUT2D eigenvalue weighted by Crippen LogP contribution is 2.12. The summed E-state index contributed by atoms with van der Waals surface area (Å²) in [5, 5.41) is 8.06. The maximum absolute atomic E-state index is 10.7. The molecular formula is C9H15ClN4O2S. The van der Waals surface area contributed by atoms with E-state index in [1.54, 1.807) is 6.07 Å². The third-order valence-electron chi connectivity index (χ3n) is 1.91. The molecule has 0 spiro atoms. The van der Waals surface area contributed by atoms with E-state index in [2.05, 4.69) is 15.3 Å². The smallest absolute Gasteiger partial charge is 0.210 e. The summed E-state index contributed by atoms with van der Waals surface area (Å²) < 4.78 is 21.5. The number of primary sulfonamides is 1. The van der Waals surface area contributed by atoms with Crippen molar-refractivity contribution in [2.75, 3.05) is 17.6 Å². The van der Waals surface area contributed by atoms with E-state index in [9.17, 15) is 8.42 Å². The van der Waals surface area contributed by atoms with Crippen molar-refractivity contribution in [2.24, 2.45) is 5.14 Å². The lowest BCUT2D eigenvalue weighted by Crippen LogP contribution is -2.22. The van der Waals surface area contributed by atoms with Crippen LogP contribution in [0.3, 0.4) is 0 Å². The highest BCUT2D eigenvalue weighted by atomic mass is 35.5. The van der Waals surface area contributed by atoms with Gasteiger partial charge in [-0.05, 0) is 6.42 Å². The van der Waals surface area contributed by atoms with Crippen LogP contribution in [0.5, 0.6) is 0 Å². The van der Waals surface area contributed by atoms with Crippen LogP contribution in [0, 0.1) is 0 Å². The zero-order chi connectivity index (χ0) is 12.9. The van der Waals surface area contributed by atoms with Crippen LogP contribution in [-0.4, -0.2) is 30.7 Å². The van der Waals surface area contributed by atoms with Gasteiger partial charge in [0.1, 0.15) is 16.8 Å². The number of nitrogens with zero attached hydrogens (tertiary/aromatic N) is 2. The highest BCUT2D eigenvalue weighted by Gasteiger charge is 2.05. The van der Waals surface area contributed by atoms with Crippen molar-refractivity contribution in [2.45, 2.75) is 19.8 Å². The number of anilines is 1. The molecule has 17 heavy (non-hydrogen) atoms. The molecule has 0 radical (unpaired) electrons. The molecule has 0 aliphatic carbocycles. The van der Waals surface area contributed by atoms with Crippen molar-refractivity contribution < 1.29 is 8.42 Å². The molecule has 0 unspecified atom stereocenters. The van der Waals surface area contributed by atoms with Crippen molar-refractivity contribution in [3.8, 4) is 0 Å². The van der Waals surface area contributed by atoms with Crippen LogP contribution in [0.4, 0.5) is 5.82 Å². The Balaban J connectivity index is 2.64. The number of hydrogen-bond donors (Lipinski definition) is 2. The van der Waals surface area contributed by atoms with Gasteiger partial charge < -0.3 is 5.32 Å². The van der Waals surface area contributed by atoms with Gasteiger partial charge in [0.25, 0.3) is 0 Å². The van der Waals surface area contributed by atoms with Crippen molar-refractivity contribution in [1.29, 1.82) is 0 Å². The standard InChI is InChI=1S/C9H15ClN4O2S/c1-2-3-8-13-7(10)6-9(14-8)12-4-5-17(11,15)16/h6H,2-5H2,1H3,(H2,11,15,16)(H,12,13,14). The Kier molecular flexibility index (Phi) is 5.10. The number of rotatable bonds is 6. The first-order chi connectivity index (χ1) is 7.90. The lowest BCUT2D eigenvalue weighted by Gasteiger charge is -2.06. The van der Waals surface area contributed by atoms with Gasteiger partial charge in [0.05, 0.1) is 5.75 Å². The molecule has 1 aromatic rings. The first-order valence-electron chi connectivity index (χ1n) is 5.18. The van der Waals surface area contributed by atoms with E-state index in [0.717, 1.165) is 12.8 Å². The highest BCUT2D eigenvalue weighted by molar-refractivity contribution is 7.89. The molecule has 3 N–H and O–H groups in total. The van der Waals surface area contributed by atoms with Gasteiger partial charge in [-0.2, -0.15) is 0 Å². The van der Waals surface area contributed by atoms with Crippen LogP contribution in [0.25, 0.3) is 0 Å². The molecule has 0 saturated heterocycles. The lowest BCUT2D eigenvalue weighted by atomic mass is 10.3. The van der Waals surface area contributed by atoms with Gasteiger partial charge >= 0.3 is 0 Å². The molecule has 6 nitrogen and oxygen atoms in total. The van der Waals surface area contributed by atoms with E-state index in [1.165, 1.54) is 0 Å². The molecular weight excluding hydrogens is 264 g/mol. The average molecular weight is 279 g/mol. The predicted molar refractivity (Wildman–Crippen MR) is 67.5 cm³/mol. The molecule has 0 fully saturated rings. The number of hydrogen-bond acceptors (Lipinski definition) is 5. The number of aryl methyl sites for hydroxylation is 1. The van der Waals surface area contributed by atoms with E-state index in [0.29, 0.717) is 16.8 Å². The van der Waals surface area contributed by atoms with E-state index in [4.69, 9.17) is 16.7 Å². The molecule has 96 valence electrons. The molecule has 0 bridgehead atoms. The van der Waals surface area contributed by atoms with Crippen molar-refractivity contribution in [3.05, 3.63) is 17.0 Å². The van der Waals surface area contributed by atoms with Gasteiger partial charge in [0.15, 0.2) is 0 Å². The summed E-state index contributed by atoms with van der Waals surface area (Å²) in [6, 6.07) is 1.55. The molecule has 1 rings (SSSR count). The van der Waals surface area contributed by atoms with Crippen LogP contribution in [-0.2, 0) is 16.4 Å². The molecule has 0 saturated carbocycles. The summed E-state index contributed by atoms with van der Waals surface area (Å²) in [6.07, 6.45) is 1.64. The van der Waals surface area contributed by atoms with Gasteiger partial charge in [0.2, 0.25) is 10.0 Å². The zero-order valence-electron chi connectivity index (χ0n) is 9.48. The molecule has 0 aliphatic heterocycles. The van der Waals surface area contributed by atoms with Crippen LogP contribution >= 0.6 is 11.6 Å². The van der Waals surface area contributed by atoms with Gasteiger partial charge in [-0.1, -0.05) is 18.5 Å². The summed E-state index contributed by atoms with van der Waals surface area (Å²) in [5.74, 6) is 0.993. The second-order valence-corrected chi connectivity index (χ2v) is 5.66. The summed E-state index contributed by atoms with van der Waals surface area (Å²) in [5.41, 5.74) is 0. The summed E-state index contributed by atoms with van der Waals surface area (Å²) in [7, 11) is -3.46. The first kappa shape index (κ1) is 14.1. The summed E-state index contributed by atoms with van der Waals surface area (Å²) in [6.45, 7) is 2.20. The molecule has 0 amide bonds. The summed E-state index contributed by atoms with van der Waals surface area (Å²) >= 11 is 5.82. The van der Waals surface area contributed by atoms with Crippen molar-refractivity contribution >= 4 is 27.4 Å². The Morgan fingerprint density at radius 1 is 1.47 bits per heavy atom. The number of aromatic nitrogens is 2. The predicted octanol–water partition coefficient (Wildman–Crippen LogP) is 0.783. The minimum atomic E-state index is -3.46. The SMILES string of the molecule is CCCc1nc(Cl)cc(NCCS(N)(=O)=O)n1. The normalized spacial score (nSPS) is 11.5. The van der Waals surface area contributed by atoms with E-state index < -0.39 is 10.0 Å². The molecule has 1 aromatic heterocycles. The number of halogens is 1. The molecule has 0 aromatic carbocycles. The maximum Gasteiger partial charge on any atom is 0.210 e. The van der Waals surface area contributed by atoms with Crippen molar-refractivity contribution in [3.63, 3.8) is 0 Å². The van der Waals surface area contributed by atoms with Crippen LogP contribution in [0.1, 0.15) is 19.2 Å². The van der Waals surface area contributed by atoms with Crippen molar-refractivity contribution in [1.82, 2.24) is 9.97 Å². The quantitative estimate of drug-likeness (QED) is 0.750. The Bertz CT molecular complexity index is 478. The Morgan fingerprint density at radius 3 is 2.76 bits per heavy atom. The topological polar surface area (TPSA) is 98.0 Å². The largest absolute Gasteiger partial charge is 0.369 e. The van der Waals surface area contributed by atoms with E-state index in [1.807, 2.05) is 6.92 Å². The van der Waals surface area contributed by atoms with E-state index in [-0.39, 0.29) is 12.3 Å². The van der Waals surface area contributed by atoms with Crippen LogP contribution in [0.15, 0.2) is 6.07 Å². The monoisotopic (exact) mass is 278 g/mol. The summed E-state index contributed by atoms with van der Waals surface area (Å²) in [4.78, 5) is 8.25. The molecule has 0 aliphatic rings. The average Bonchev–Trinajstić information content (AvgIpc) is 2.15. The second kappa shape index (κ2) is 6.13. The Labute approximate surface area is 106 Å². The van der Waals surface area contributed by atoms with Gasteiger partial charge in [-0.25, -0.2) is 23.5 Å². The fourth-order valence-corrected chi connectivity index (χ4v) is 1.80. The lowest BCUT2D eigenvalue weighted by molar-refractivity contribution is 0.598. The molecule has 1 heterocycles. The molecule has 0 atom stereocenters. The third kappa shape index (κ3) is 5.81. The Morgan fingerprint density at radius 2 is 2.18 bits per heavy atom. The third-order valence-corrected chi connectivity index (χ3v) is 2.87.